The lowest BCUT2D eigenvalue weighted by atomic mass is 10.2. The normalized spacial score (nSPS) is 13.3. The van der Waals surface area contributed by atoms with E-state index in [4.69, 9.17) is 17.3 Å². The molecule has 3 rings (SSSR count). The van der Waals surface area contributed by atoms with Crippen LogP contribution in [-0.2, 0) is 12.8 Å². The third kappa shape index (κ3) is 2.30. The van der Waals surface area contributed by atoms with Gasteiger partial charge in [-0.3, -0.25) is 4.79 Å². The van der Waals surface area contributed by atoms with E-state index in [0.717, 1.165) is 17.7 Å². The van der Waals surface area contributed by atoms with E-state index in [1.807, 2.05) is 6.07 Å². The fourth-order valence-electron chi connectivity index (χ4n) is 2.52. The predicted molar refractivity (Wildman–Crippen MR) is 84.9 cm³/mol. The molecule has 0 spiro atoms. The van der Waals surface area contributed by atoms with E-state index in [9.17, 15) is 4.79 Å². The molecule has 20 heavy (non-hydrogen) atoms. The summed E-state index contributed by atoms with van der Waals surface area (Å²) in [4.78, 5) is 16.2. The number of nitrogens with zero attached hydrogens (tertiary/aromatic N) is 1. The second kappa shape index (κ2) is 5.11. The topological polar surface area (TPSA) is 46.3 Å². The highest BCUT2D eigenvalue weighted by Gasteiger charge is 2.22. The summed E-state index contributed by atoms with van der Waals surface area (Å²) in [7, 11) is 1.73. The molecule has 1 aromatic heterocycles. The largest absolute Gasteiger partial charge is 0.397 e. The van der Waals surface area contributed by atoms with E-state index in [-0.39, 0.29) is 5.91 Å². The number of nitrogen functional groups attached to an aromatic ring is 1. The standard InChI is InChI=1S/C15H15ClN2OS/c1-18(12-8-10(16)5-6-11(12)17)15(19)14-7-9-3-2-4-13(9)20-14/h5-8H,2-4,17H2,1H3. The molecule has 1 aliphatic carbocycles. The minimum absolute atomic E-state index is 0.0293. The number of benzene rings is 1. The van der Waals surface area contributed by atoms with Crippen molar-refractivity contribution in [1.29, 1.82) is 0 Å². The highest BCUT2D eigenvalue weighted by Crippen LogP contribution is 2.33. The lowest BCUT2D eigenvalue weighted by molar-refractivity contribution is 0.0997. The van der Waals surface area contributed by atoms with Crippen LogP contribution in [0.15, 0.2) is 24.3 Å². The van der Waals surface area contributed by atoms with Crippen LogP contribution in [0.25, 0.3) is 0 Å². The number of fused-ring (bicyclic) bond motifs is 1. The number of hydrogen-bond donors (Lipinski definition) is 1. The quantitative estimate of drug-likeness (QED) is 0.859. The first-order chi connectivity index (χ1) is 9.56. The fraction of sp³-hybridized carbons (Fsp3) is 0.267. The Morgan fingerprint density at radius 3 is 2.90 bits per heavy atom. The zero-order valence-corrected chi connectivity index (χ0v) is 12.7. The molecular weight excluding hydrogens is 292 g/mol. The Bertz CT molecular complexity index is 659. The number of hydrogen-bond acceptors (Lipinski definition) is 3. The first-order valence-corrected chi connectivity index (χ1v) is 7.70. The first kappa shape index (κ1) is 13.5. The number of thiophene rings is 1. The highest BCUT2D eigenvalue weighted by molar-refractivity contribution is 7.14. The average molecular weight is 307 g/mol. The predicted octanol–water partition coefficient (Wildman–Crippen LogP) is 3.75. The molecule has 1 amide bonds. The number of nitrogens with two attached hydrogens (primary N) is 1. The smallest absolute Gasteiger partial charge is 0.268 e. The van der Waals surface area contributed by atoms with Gasteiger partial charge < -0.3 is 10.6 Å². The molecule has 0 radical (unpaired) electrons. The van der Waals surface area contributed by atoms with Gasteiger partial charge in [-0.25, -0.2) is 0 Å². The lowest BCUT2D eigenvalue weighted by Gasteiger charge is -2.18. The number of carbonyl (C=O) groups is 1. The minimum atomic E-state index is -0.0293. The highest BCUT2D eigenvalue weighted by atomic mass is 35.5. The van der Waals surface area contributed by atoms with Gasteiger partial charge in [0.2, 0.25) is 0 Å². The third-order valence-electron chi connectivity index (χ3n) is 3.62. The van der Waals surface area contributed by atoms with Crippen LogP contribution >= 0.6 is 22.9 Å². The van der Waals surface area contributed by atoms with Gasteiger partial charge in [0.25, 0.3) is 5.91 Å². The maximum atomic E-state index is 12.6. The van der Waals surface area contributed by atoms with Gasteiger partial charge in [0.1, 0.15) is 0 Å². The van der Waals surface area contributed by atoms with Gasteiger partial charge in [0.15, 0.2) is 0 Å². The molecule has 0 saturated heterocycles. The van der Waals surface area contributed by atoms with Crippen molar-refractivity contribution in [2.45, 2.75) is 19.3 Å². The van der Waals surface area contributed by atoms with Crippen molar-refractivity contribution in [3.63, 3.8) is 0 Å². The summed E-state index contributed by atoms with van der Waals surface area (Å²) < 4.78 is 0. The van der Waals surface area contributed by atoms with Crippen LogP contribution in [0, 0.1) is 0 Å². The monoisotopic (exact) mass is 306 g/mol. The van der Waals surface area contributed by atoms with Crippen LogP contribution in [-0.4, -0.2) is 13.0 Å². The summed E-state index contributed by atoms with van der Waals surface area (Å²) in [5, 5.41) is 0.572. The van der Waals surface area contributed by atoms with Crippen LogP contribution in [0.5, 0.6) is 0 Å². The van der Waals surface area contributed by atoms with Crippen LogP contribution in [0.4, 0.5) is 11.4 Å². The molecule has 0 fully saturated rings. The van der Waals surface area contributed by atoms with Crippen LogP contribution < -0.4 is 10.6 Å². The van der Waals surface area contributed by atoms with E-state index < -0.39 is 0 Å². The maximum absolute atomic E-state index is 12.6. The molecule has 2 N–H and O–H groups in total. The van der Waals surface area contributed by atoms with Gasteiger partial charge in [-0.1, -0.05) is 11.6 Å². The summed E-state index contributed by atoms with van der Waals surface area (Å²) in [6.07, 6.45) is 3.38. The number of halogens is 1. The van der Waals surface area contributed by atoms with Gasteiger partial charge in [-0.2, -0.15) is 0 Å². The van der Waals surface area contributed by atoms with E-state index in [1.54, 1.807) is 41.5 Å². The Hall–Kier alpha value is -1.52. The molecule has 0 unspecified atom stereocenters. The van der Waals surface area contributed by atoms with Crippen molar-refractivity contribution < 1.29 is 4.79 Å². The molecule has 3 nitrogen and oxygen atoms in total. The van der Waals surface area contributed by atoms with Gasteiger partial charge in [-0.15, -0.1) is 11.3 Å². The maximum Gasteiger partial charge on any atom is 0.268 e. The number of aryl methyl sites for hydroxylation is 2. The number of anilines is 2. The van der Waals surface area contributed by atoms with Crippen molar-refractivity contribution in [2.24, 2.45) is 0 Å². The van der Waals surface area contributed by atoms with Crippen LogP contribution in [0.2, 0.25) is 5.02 Å². The third-order valence-corrected chi connectivity index (χ3v) is 5.08. The van der Waals surface area contributed by atoms with Gasteiger partial charge in [0.05, 0.1) is 16.3 Å². The number of rotatable bonds is 2. The van der Waals surface area contributed by atoms with E-state index in [2.05, 4.69) is 0 Å². The van der Waals surface area contributed by atoms with E-state index in [0.29, 0.717) is 16.4 Å². The zero-order valence-electron chi connectivity index (χ0n) is 11.1. The molecular formula is C15H15ClN2OS. The van der Waals surface area contributed by atoms with Crippen molar-refractivity contribution in [2.75, 3.05) is 17.7 Å². The SMILES string of the molecule is CN(C(=O)c1cc2c(s1)CCC2)c1cc(Cl)ccc1N. The Labute approximate surface area is 127 Å². The van der Waals surface area contributed by atoms with Crippen molar-refractivity contribution in [1.82, 2.24) is 0 Å². The Kier molecular flexibility index (Phi) is 3.44. The molecule has 0 bridgehead atoms. The molecule has 0 atom stereocenters. The van der Waals surface area contributed by atoms with Crippen LogP contribution in [0.1, 0.15) is 26.5 Å². The number of carbonyl (C=O) groups excluding carboxylic acids is 1. The van der Waals surface area contributed by atoms with Gasteiger partial charge >= 0.3 is 0 Å². The van der Waals surface area contributed by atoms with Crippen LogP contribution in [0.3, 0.4) is 0 Å². The molecule has 1 heterocycles. The Balaban J connectivity index is 1.91. The molecule has 1 aliphatic rings. The summed E-state index contributed by atoms with van der Waals surface area (Å²) in [6.45, 7) is 0. The second-order valence-electron chi connectivity index (χ2n) is 4.98. The zero-order chi connectivity index (χ0) is 14.3. The van der Waals surface area contributed by atoms with Crippen molar-refractivity contribution >= 4 is 40.2 Å². The molecule has 104 valence electrons. The fourth-order valence-corrected chi connectivity index (χ4v) is 3.91. The first-order valence-electron chi connectivity index (χ1n) is 6.51. The van der Waals surface area contributed by atoms with Crippen molar-refractivity contribution in [3.05, 3.63) is 44.6 Å². The summed E-state index contributed by atoms with van der Waals surface area (Å²) in [5.41, 5.74) is 8.45. The minimum Gasteiger partial charge on any atom is -0.397 e. The summed E-state index contributed by atoms with van der Waals surface area (Å²) >= 11 is 7.58. The van der Waals surface area contributed by atoms with Gasteiger partial charge in [-0.05, 0) is 49.1 Å². The van der Waals surface area contributed by atoms with Gasteiger partial charge in [0, 0.05) is 16.9 Å². The van der Waals surface area contributed by atoms with E-state index >= 15 is 0 Å². The molecule has 0 saturated carbocycles. The van der Waals surface area contributed by atoms with Crippen molar-refractivity contribution in [3.8, 4) is 0 Å². The molecule has 2 aromatic rings. The molecule has 0 aliphatic heterocycles. The summed E-state index contributed by atoms with van der Waals surface area (Å²) in [6, 6.07) is 7.18. The number of amides is 1. The lowest BCUT2D eigenvalue weighted by Crippen LogP contribution is -2.26. The molecule has 5 heteroatoms. The average Bonchev–Trinajstić information content (AvgIpc) is 3.00. The molecule has 1 aromatic carbocycles. The Morgan fingerprint density at radius 1 is 1.35 bits per heavy atom. The second-order valence-corrected chi connectivity index (χ2v) is 6.55. The Morgan fingerprint density at radius 2 is 2.15 bits per heavy atom. The summed E-state index contributed by atoms with van der Waals surface area (Å²) in [5.74, 6) is -0.0293. The van der Waals surface area contributed by atoms with E-state index in [1.165, 1.54) is 16.9 Å².